The maximum absolute atomic E-state index is 12.3. The molecule has 2 aromatic carbocycles. The molecule has 0 atom stereocenters. The zero-order valence-corrected chi connectivity index (χ0v) is 15.4. The van der Waals surface area contributed by atoms with Crippen molar-refractivity contribution in [2.24, 2.45) is 0 Å². The zero-order valence-electron chi connectivity index (χ0n) is 15.4. The highest BCUT2D eigenvalue weighted by Crippen LogP contribution is 2.19. The van der Waals surface area contributed by atoms with Gasteiger partial charge in [-0.2, -0.15) is 0 Å². The summed E-state index contributed by atoms with van der Waals surface area (Å²) in [6.45, 7) is 2.31. The van der Waals surface area contributed by atoms with Gasteiger partial charge in [0.05, 0.1) is 0 Å². The van der Waals surface area contributed by atoms with Crippen molar-refractivity contribution < 1.29 is 9.32 Å². The summed E-state index contributed by atoms with van der Waals surface area (Å²) in [6, 6.07) is 18.8. The first kappa shape index (κ1) is 17.7. The van der Waals surface area contributed by atoms with E-state index in [-0.39, 0.29) is 17.2 Å². The van der Waals surface area contributed by atoms with Crippen LogP contribution in [0.5, 0.6) is 0 Å². The number of carbonyl (C=O) groups excluding carboxylic acids is 1. The van der Waals surface area contributed by atoms with Crippen LogP contribution in [-0.2, 0) is 6.42 Å². The van der Waals surface area contributed by atoms with Crippen molar-refractivity contribution in [3.8, 4) is 11.3 Å². The molecule has 0 bridgehead atoms. The zero-order chi connectivity index (χ0) is 19.5. The van der Waals surface area contributed by atoms with Gasteiger partial charge in [0.25, 0.3) is 11.5 Å². The van der Waals surface area contributed by atoms with Crippen molar-refractivity contribution in [1.29, 1.82) is 0 Å². The summed E-state index contributed by atoms with van der Waals surface area (Å²) >= 11 is 0. The first-order valence-electron chi connectivity index (χ1n) is 9.03. The average molecular weight is 373 g/mol. The Bertz CT molecular complexity index is 1190. The summed E-state index contributed by atoms with van der Waals surface area (Å²) < 4.78 is 5.25. The molecule has 0 saturated heterocycles. The molecule has 6 heteroatoms. The third-order valence-electron chi connectivity index (χ3n) is 4.56. The van der Waals surface area contributed by atoms with E-state index in [1.54, 1.807) is 6.07 Å². The lowest BCUT2D eigenvalue weighted by Crippen LogP contribution is -2.27. The van der Waals surface area contributed by atoms with Crippen molar-refractivity contribution in [1.82, 2.24) is 15.5 Å². The fourth-order valence-corrected chi connectivity index (χ4v) is 3.07. The number of hydrogen-bond acceptors (Lipinski definition) is 4. The third kappa shape index (κ3) is 3.71. The van der Waals surface area contributed by atoms with Crippen LogP contribution in [0.4, 0.5) is 0 Å². The van der Waals surface area contributed by atoms with Gasteiger partial charge in [-0.15, -0.1) is 0 Å². The summed E-state index contributed by atoms with van der Waals surface area (Å²) in [5.41, 5.74) is 3.45. The normalized spacial score (nSPS) is 10.9. The summed E-state index contributed by atoms with van der Waals surface area (Å²) in [7, 11) is 0. The highest BCUT2D eigenvalue weighted by atomic mass is 16.5. The van der Waals surface area contributed by atoms with E-state index in [1.165, 1.54) is 0 Å². The third-order valence-corrected chi connectivity index (χ3v) is 4.56. The molecule has 4 aromatic rings. The summed E-state index contributed by atoms with van der Waals surface area (Å²) in [6.07, 6.45) is 0.425. The first-order chi connectivity index (χ1) is 13.6. The fraction of sp³-hybridized carbons (Fsp3) is 0.136. The van der Waals surface area contributed by atoms with E-state index < -0.39 is 0 Å². The van der Waals surface area contributed by atoms with Crippen LogP contribution in [0.1, 0.15) is 21.6 Å². The van der Waals surface area contributed by atoms with Crippen molar-refractivity contribution in [3.05, 3.63) is 87.8 Å². The van der Waals surface area contributed by atoms with Gasteiger partial charge in [-0.3, -0.25) is 9.59 Å². The predicted octanol–water partition coefficient (Wildman–Crippen LogP) is 3.46. The van der Waals surface area contributed by atoms with Gasteiger partial charge in [-0.1, -0.05) is 47.6 Å². The molecule has 2 aromatic heterocycles. The number of aromatic amines is 1. The molecule has 1 amide bonds. The maximum atomic E-state index is 12.3. The Kier molecular flexibility index (Phi) is 4.76. The number of aromatic nitrogens is 2. The van der Waals surface area contributed by atoms with E-state index in [0.29, 0.717) is 24.3 Å². The average Bonchev–Trinajstić information content (AvgIpc) is 3.19. The van der Waals surface area contributed by atoms with Gasteiger partial charge < -0.3 is 14.8 Å². The molecule has 2 heterocycles. The number of aryl methyl sites for hydroxylation is 1. The van der Waals surface area contributed by atoms with Crippen molar-refractivity contribution in [2.45, 2.75) is 13.3 Å². The lowest BCUT2D eigenvalue weighted by molar-refractivity contribution is 0.0945. The van der Waals surface area contributed by atoms with Crippen LogP contribution in [0.3, 0.4) is 0 Å². The van der Waals surface area contributed by atoms with Gasteiger partial charge in [-0.05, 0) is 36.4 Å². The second-order valence-corrected chi connectivity index (χ2v) is 6.66. The van der Waals surface area contributed by atoms with Gasteiger partial charge in [-0.25, -0.2) is 0 Å². The number of rotatable bonds is 5. The molecule has 0 aliphatic rings. The van der Waals surface area contributed by atoms with Crippen LogP contribution >= 0.6 is 0 Å². The van der Waals surface area contributed by atoms with E-state index in [1.807, 2.05) is 61.5 Å². The molecule has 0 spiro atoms. The molecule has 4 rings (SSSR count). The molecule has 6 nitrogen and oxygen atoms in total. The fourth-order valence-electron chi connectivity index (χ4n) is 3.07. The number of pyridine rings is 1. The maximum Gasteiger partial charge on any atom is 0.273 e. The van der Waals surface area contributed by atoms with Crippen LogP contribution in [0.15, 0.2) is 70.0 Å². The standard InChI is InChI=1S/C22H19N3O3/c1-14-7-8-16-12-17(21(26)24-18(16)11-14)9-10-23-22(27)19-13-20(28-25-19)15-5-3-2-4-6-15/h2-8,11-13H,9-10H2,1H3,(H,23,27)(H,24,26). The number of amides is 1. The Labute approximate surface area is 161 Å². The second-order valence-electron chi connectivity index (χ2n) is 6.66. The molecule has 0 radical (unpaired) electrons. The lowest BCUT2D eigenvalue weighted by atomic mass is 10.1. The highest BCUT2D eigenvalue weighted by Gasteiger charge is 2.13. The molecule has 2 N–H and O–H groups in total. The molecule has 0 saturated carbocycles. The molecule has 0 fully saturated rings. The molecule has 0 aliphatic heterocycles. The van der Waals surface area contributed by atoms with Crippen LogP contribution in [0, 0.1) is 6.92 Å². The van der Waals surface area contributed by atoms with Crippen LogP contribution in [0.2, 0.25) is 0 Å². The minimum Gasteiger partial charge on any atom is -0.355 e. The minimum absolute atomic E-state index is 0.139. The molecule has 0 aliphatic carbocycles. The van der Waals surface area contributed by atoms with Crippen molar-refractivity contribution in [2.75, 3.05) is 6.54 Å². The molecule has 140 valence electrons. The summed E-state index contributed by atoms with van der Waals surface area (Å²) in [5, 5.41) is 7.58. The molecule has 28 heavy (non-hydrogen) atoms. The monoisotopic (exact) mass is 373 g/mol. The number of carbonyl (C=O) groups is 1. The SMILES string of the molecule is Cc1ccc2cc(CCNC(=O)c3cc(-c4ccccc4)on3)c(=O)[nH]c2c1. The summed E-state index contributed by atoms with van der Waals surface area (Å²) in [4.78, 5) is 27.4. The van der Waals surface area contributed by atoms with Crippen LogP contribution in [-0.4, -0.2) is 22.6 Å². The Balaban J connectivity index is 1.41. The first-order valence-corrected chi connectivity index (χ1v) is 9.03. The molecule has 0 unspecified atom stereocenters. The predicted molar refractivity (Wildman–Crippen MR) is 107 cm³/mol. The minimum atomic E-state index is -0.334. The Morgan fingerprint density at radius 2 is 1.93 bits per heavy atom. The molecular formula is C22H19N3O3. The number of nitrogens with one attached hydrogen (secondary N) is 2. The largest absolute Gasteiger partial charge is 0.355 e. The Morgan fingerprint density at radius 3 is 2.75 bits per heavy atom. The number of H-pyrrole nitrogens is 1. The molecular weight excluding hydrogens is 354 g/mol. The summed E-state index contributed by atoms with van der Waals surface area (Å²) in [5.74, 6) is 0.200. The van der Waals surface area contributed by atoms with Gasteiger partial charge in [0.1, 0.15) is 0 Å². The van der Waals surface area contributed by atoms with Gasteiger partial charge in [0, 0.05) is 29.3 Å². The number of fused-ring (bicyclic) bond motifs is 1. The second kappa shape index (κ2) is 7.52. The van der Waals surface area contributed by atoms with E-state index in [9.17, 15) is 9.59 Å². The number of nitrogens with zero attached hydrogens (tertiary/aromatic N) is 1. The van der Waals surface area contributed by atoms with Gasteiger partial charge in [0.2, 0.25) is 0 Å². The van der Waals surface area contributed by atoms with E-state index in [4.69, 9.17) is 4.52 Å². The topological polar surface area (TPSA) is 88.0 Å². The van der Waals surface area contributed by atoms with Crippen molar-refractivity contribution in [3.63, 3.8) is 0 Å². The van der Waals surface area contributed by atoms with E-state index in [2.05, 4.69) is 15.5 Å². The van der Waals surface area contributed by atoms with Crippen LogP contribution in [0.25, 0.3) is 22.2 Å². The van der Waals surface area contributed by atoms with Gasteiger partial charge in [0.15, 0.2) is 11.5 Å². The quantitative estimate of drug-likeness (QED) is 0.561. The Hall–Kier alpha value is -3.67. The number of benzene rings is 2. The smallest absolute Gasteiger partial charge is 0.273 e. The van der Waals surface area contributed by atoms with Gasteiger partial charge >= 0.3 is 0 Å². The van der Waals surface area contributed by atoms with E-state index in [0.717, 1.165) is 22.0 Å². The van der Waals surface area contributed by atoms with Crippen LogP contribution < -0.4 is 10.9 Å². The number of hydrogen-bond donors (Lipinski definition) is 2. The lowest BCUT2D eigenvalue weighted by Gasteiger charge is -2.05. The van der Waals surface area contributed by atoms with Crippen molar-refractivity contribution >= 4 is 16.8 Å². The van der Waals surface area contributed by atoms with E-state index >= 15 is 0 Å². The highest BCUT2D eigenvalue weighted by molar-refractivity contribution is 5.93. The Morgan fingerprint density at radius 1 is 1.11 bits per heavy atom.